The van der Waals surface area contributed by atoms with Gasteiger partial charge in [0.05, 0.1) is 16.7 Å². The standard InChI is InChI=1S/C15H20BNO3/c1-14(2,18)15(3,4)20-16(19)12-7-8-13-11(10-12)6-5-9-17-13/h5-10,18-19H,1-4H3. The minimum atomic E-state index is -1.10. The number of hydrogen-bond donors (Lipinski definition) is 2. The Bertz CT molecular complexity index is 607. The number of benzene rings is 1. The molecule has 0 saturated heterocycles. The van der Waals surface area contributed by atoms with Gasteiger partial charge < -0.3 is 14.8 Å². The zero-order valence-corrected chi connectivity index (χ0v) is 12.3. The van der Waals surface area contributed by atoms with Crippen molar-refractivity contribution < 1.29 is 14.8 Å². The van der Waals surface area contributed by atoms with Gasteiger partial charge in [-0.25, -0.2) is 0 Å². The summed E-state index contributed by atoms with van der Waals surface area (Å²) in [6, 6.07) is 9.24. The number of aliphatic hydroxyl groups is 1. The molecule has 1 aromatic carbocycles. The minimum absolute atomic E-state index is 0.642. The highest BCUT2D eigenvalue weighted by atomic mass is 16.5. The van der Waals surface area contributed by atoms with Gasteiger partial charge in [0.1, 0.15) is 0 Å². The van der Waals surface area contributed by atoms with Gasteiger partial charge >= 0.3 is 7.12 Å². The molecule has 4 nitrogen and oxygen atoms in total. The Balaban J connectivity index is 2.25. The molecule has 0 unspecified atom stereocenters. The molecule has 0 spiro atoms. The third-order valence-corrected chi connectivity index (χ3v) is 3.79. The molecule has 1 heterocycles. The van der Waals surface area contributed by atoms with Crippen molar-refractivity contribution in [2.75, 3.05) is 0 Å². The molecule has 2 rings (SSSR count). The van der Waals surface area contributed by atoms with Crippen molar-refractivity contribution in [3.8, 4) is 0 Å². The van der Waals surface area contributed by atoms with Crippen molar-refractivity contribution in [2.24, 2.45) is 0 Å². The van der Waals surface area contributed by atoms with E-state index in [2.05, 4.69) is 4.98 Å². The fourth-order valence-electron chi connectivity index (χ4n) is 1.74. The van der Waals surface area contributed by atoms with Crippen LogP contribution in [0, 0.1) is 0 Å². The fourth-order valence-corrected chi connectivity index (χ4v) is 1.74. The van der Waals surface area contributed by atoms with Gasteiger partial charge in [0, 0.05) is 6.20 Å². The maximum absolute atomic E-state index is 10.2. The Hall–Kier alpha value is -1.43. The van der Waals surface area contributed by atoms with E-state index in [4.69, 9.17) is 4.65 Å². The predicted molar refractivity (Wildman–Crippen MR) is 80.8 cm³/mol. The van der Waals surface area contributed by atoms with Gasteiger partial charge in [-0.3, -0.25) is 4.98 Å². The van der Waals surface area contributed by atoms with E-state index in [1.165, 1.54) is 0 Å². The molecule has 0 saturated carbocycles. The van der Waals surface area contributed by atoms with E-state index in [1.807, 2.05) is 24.3 Å². The summed E-state index contributed by atoms with van der Waals surface area (Å²) in [6.07, 6.45) is 1.73. The van der Waals surface area contributed by atoms with Gasteiger partial charge in [-0.1, -0.05) is 18.2 Å². The van der Waals surface area contributed by atoms with Gasteiger partial charge in [-0.05, 0) is 50.7 Å². The monoisotopic (exact) mass is 273 g/mol. The Labute approximate surface area is 119 Å². The molecule has 5 heteroatoms. The lowest BCUT2D eigenvalue weighted by Crippen LogP contribution is -2.53. The van der Waals surface area contributed by atoms with Gasteiger partial charge in [0.25, 0.3) is 0 Å². The third kappa shape index (κ3) is 3.01. The summed E-state index contributed by atoms with van der Waals surface area (Å²) in [7, 11) is -1.10. The number of aromatic nitrogens is 1. The Morgan fingerprint density at radius 1 is 1.15 bits per heavy atom. The third-order valence-electron chi connectivity index (χ3n) is 3.79. The quantitative estimate of drug-likeness (QED) is 0.828. The summed E-state index contributed by atoms with van der Waals surface area (Å²) < 4.78 is 5.62. The molecule has 0 bridgehead atoms. The van der Waals surface area contributed by atoms with Crippen molar-refractivity contribution in [2.45, 2.75) is 38.9 Å². The van der Waals surface area contributed by atoms with E-state index in [0.29, 0.717) is 5.46 Å². The van der Waals surface area contributed by atoms with Gasteiger partial charge in [-0.15, -0.1) is 0 Å². The first-order chi connectivity index (χ1) is 9.21. The predicted octanol–water partition coefficient (Wildman–Crippen LogP) is 1.49. The Kier molecular flexibility index (Phi) is 3.87. The normalized spacial score (nSPS) is 12.7. The average Bonchev–Trinajstić information content (AvgIpc) is 2.36. The molecule has 0 radical (unpaired) electrons. The molecule has 0 amide bonds. The van der Waals surface area contributed by atoms with Crippen molar-refractivity contribution in [1.29, 1.82) is 0 Å². The van der Waals surface area contributed by atoms with Crippen molar-refractivity contribution >= 4 is 23.5 Å². The minimum Gasteiger partial charge on any atom is -0.423 e. The van der Waals surface area contributed by atoms with Crippen LogP contribution < -0.4 is 5.46 Å². The second-order valence-corrected chi connectivity index (χ2v) is 6.00. The van der Waals surface area contributed by atoms with Crippen LogP contribution in [0.15, 0.2) is 36.5 Å². The van der Waals surface area contributed by atoms with E-state index < -0.39 is 18.3 Å². The van der Waals surface area contributed by atoms with Crippen LogP contribution in [0.1, 0.15) is 27.7 Å². The summed E-state index contributed by atoms with van der Waals surface area (Å²) in [6.45, 7) is 6.81. The first-order valence-electron chi connectivity index (χ1n) is 6.64. The molecule has 0 atom stereocenters. The van der Waals surface area contributed by atoms with Crippen LogP contribution in [0.4, 0.5) is 0 Å². The molecule has 0 aliphatic rings. The van der Waals surface area contributed by atoms with Crippen molar-refractivity contribution in [1.82, 2.24) is 4.98 Å². The second-order valence-electron chi connectivity index (χ2n) is 6.00. The van der Waals surface area contributed by atoms with Crippen LogP contribution in [0.3, 0.4) is 0 Å². The molecule has 0 aliphatic carbocycles. The number of fused-ring (bicyclic) bond motifs is 1. The maximum Gasteiger partial charge on any atom is 0.491 e. The molecule has 1 aromatic heterocycles. The highest BCUT2D eigenvalue weighted by Gasteiger charge is 2.39. The van der Waals surface area contributed by atoms with Crippen LogP contribution in [-0.2, 0) is 4.65 Å². The van der Waals surface area contributed by atoms with E-state index in [9.17, 15) is 10.1 Å². The Morgan fingerprint density at radius 2 is 1.85 bits per heavy atom. The number of pyridine rings is 1. The summed E-state index contributed by atoms with van der Waals surface area (Å²) in [5.74, 6) is 0. The molecule has 2 N–H and O–H groups in total. The summed E-state index contributed by atoms with van der Waals surface area (Å²) in [4.78, 5) is 4.23. The van der Waals surface area contributed by atoms with Crippen LogP contribution >= 0.6 is 0 Å². The summed E-state index contributed by atoms with van der Waals surface area (Å²) in [5, 5.41) is 21.2. The highest BCUT2D eigenvalue weighted by Crippen LogP contribution is 2.25. The summed E-state index contributed by atoms with van der Waals surface area (Å²) >= 11 is 0. The SMILES string of the molecule is CC(C)(O)C(C)(C)OB(O)c1ccc2ncccc2c1. The molecule has 2 aromatic rings. The van der Waals surface area contributed by atoms with Gasteiger partial charge in [0.15, 0.2) is 0 Å². The molecule has 0 aliphatic heterocycles. The van der Waals surface area contributed by atoms with Crippen LogP contribution in [-0.4, -0.2) is 33.4 Å². The second kappa shape index (κ2) is 5.16. The van der Waals surface area contributed by atoms with Gasteiger partial charge in [-0.2, -0.15) is 0 Å². The molecular formula is C15H20BNO3. The lowest BCUT2D eigenvalue weighted by atomic mass is 9.76. The fraction of sp³-hybridized carbons (Fsp3) is 0.400. The smallest absolute Gasteiger partial charge is 0.423 e. The zero-order valence-electron chi connectivity index (χ0n) is 12.3. The molecular weight excluding hydrogens is 253 g/mol. The molecule has 20 heavy (non-hydrogen) atoms. The van der Waals surface area contributed by atoms with Crippen molar-refractivity contribution in [3.63, 3.8) is 0 Å². The largest absolute Gasteiger partial charge is 0.491 e. The molecule has 0 fully saturated rings. The van der Waals surface area contributed by atoms with Crippen LogP contribution in [0.2, 0.25) is 0 Å². The number of nitrogens with zero attached hydrogens (tertiary/aromatic N) is 1. The highest BCUT2D eigenvalue weighted by molar-refractivity contribution is 6.60. The topological polar surface area (TPSA) is 62.6 Å². The van der Waals surface area contributed by atoms with Crippen LogP contribution in [0.25, 0.3) is 10.9 Å². The van der Waals surface area contributed by atoms with E-state index >= 15 is 0 Å². The van der Waals surface area contributed by atoms with Crippen molar-refractivity contribution in [3.05, 3.63) is 36.5 Å². The molecule has 106 valence electrons. The van der Waals surface area contributed by atoms with E-state index in [0.717, 1.165) is 10.9 Å². The van der Waals surface area contributed by atoms with Gasteiger partial charge in [0.2, 0.25) is 0 Å². The number of rotatable bonds is 4. The Morgan fingerprint density at radius 3 is 2.50 bits per heavy atom. The van der Waals surface area contributed by atoms with Crippen LogP contribution in [0.5, 0.6) is 0 Å². The maximum atomic E-state index is 10.2. The summed E-state index contributed by atoms with van der Waals surface area (Å²) in [5.41, 5.74) is -0.434. The first-order valence-corrected chi connectivity index (χ1v) is 6.64. The van der Waals surface area contributed by atoms with E-state index in [1.54, 1.807) is 40.0 Å². The zero-order chi connectivity index (χ0) is 15.0. The first kappa shape index (κ1) is 15.0. The lowest BCUT2D eigenvalue weighted by Gasteiger charge is -2.38. The lowest BCUT2D eigenvalue weighted by molar-refractivity contribution is -0.0982. The number of hydrogen-bond acceptors (Lipinski definition) is 4. The van der Waals surface area contributed by atoms with E-state index in [-0.39, 0.29) is 0 Å². The average molecular weight is 273 g/mol.